The molecule has 0 radical (unpaired) electrons. The summed E-state index contributed by atoms with van der Waals surface area (Å²) in [4.78, 5) is 14.3. The second kappa shape index (κ2) is 8.15. The topological polar surface area (TPSA) is 67.4 Å². The highest BCUT2D eigenvalue weighted by atomic mass is 35.5. The molecule has 6 nitrogen and oxygen atoms in total. The maximum Gasteiger partial charge on any atom is 0.236 e. The van der Waals surface area contributed by atoms with Crippen LogP contribution in [0.3, 0.4) is 0 Å². The maximum absolute atomic E-state index is 12.4. The number of hydrogen-bond donors (Lipinski definition) is 1. The number of hydrogen-bond acceptors (Lipinski definition) is 7. The van der Waals surface area contributed by atoms with Crippen molar-refractivity contribution in [1.82, 2.24) is 15.1 Å². The number of aromatic nitrogens is 2. The summed E-state index contributed by atoms with van der Waals surface area (Å²) in [7, 11) is 0. The molecule has 1 fully saturated rings. The highest BCUT2D eigenvalue weighted by molar-refractivity contribution is 8.02. The highest BCUT2D eigenvalue weighted by Crippen LogP contribution is 2.32. The van der Waals surface area contributed by atoms with E-state index >= 15 is 0 Å². The van der Waals surface area contributed by atoms with E-state index in [4.69, 9.17) is 16.3 Å². The van der Waals surface area contributed by atoms with E-state index in [0.717, 1.165) is 10.0 Å². The largest absolute Gasteiger partial charge is 0.378 e. The molecule has 1 N–H and O–H groups in total. The van der Waals surface area contributed by atoms with Gasteiger partial charge in [-0.05, 0) is 19.1 Å². The SMILES string of the molecule is C[C@H](Sc1nnc(Nc2ccccc2Cl)s1)C(=O)N1CCOCC1. The van der Waals surface area contributed by atoms with Crippen LogP contribution in [-0.4, -0.2) is 52.6 Å². The van der Waals surface area contributed by atoms with Gasteiger partial charge in [-0.3, -0.25) is 4.79 Å². The highest BCUT2D eigenvalue weighted by Gasteiger charge is 2.24. The lowest BCUT2D eigenvalue weighted by Gasteiger charge is -2.28. The van der Waals surface area contributed by atoms with Crippen LogP contribution < -0.4 is 5.32 Å². The van der Waals surface area contributed by atoms with Gasteiger partial charge in [0.25, 0.3) is 0 Å². The first-order chi connectivity index (χ1) is 11.6. The van der Waals surface area contributed by atoms with Crippen molar-refractivity contribution in [3.05, 3.63) is 29.3 Å². The Bertz CT molecular complexity index is 706. The number of morpholine rings is 1. The Kier molecular flexibility index (Phi) is 5.94. The number of halogens is 1. The molecule has 3 rings (SSSR count). The molecular weight excluding hydrogens is 368 g/mol. The van der Waals surface area contributed by atoms with Crippen LogP contribution >= 0.6 is 34.7 Å². The third-order valence-corrected chi connectivity index (χ3v) is 5.81. The molecule has 0 saturated carbocycles. The van der Waals surface area contributed by atoms with Gasteiger partial charge in [0, 0.05) is 13.1 Å². The number of rotatable bonds is 5. The van der Waals surface area contributed by atoms with Crippen molar-refractivity contribution < 1.29 is 9.53 Å². The van der Waals surface area contributed by atoms with Gasteiger partial charge in [-0.15, -0.1) is 10.2 Å². The summed E-state index contributed by atoms with van der Waals surface area (Å²) < 4.78 is 6.03. The normalized spacial score (nSPS) is 16.0. The number of para-hydroxylation sites is 1. The predicted molar refractivity (Wildman–Crippen MR) is 97.4 cm³/mol. The van der Waals surface area contributed by atoms with E-state index in [2.05, 4.69) is 15.5 Å². The zero-order chi connectivity index (χ0) is 16.9. The van der Waals surface area contributed by atoms with Crippen LogP contribution in [0.15, 0.2) is 28.6 Å². The Morgan fingerprint density at radius 1 is 1.38 bits per heavy atom. The standard InChI is InChI=1S/C15H17ClN4O2S2/c1-10(13(21)20-6-8-22-9-7-20)23-15-19-18-14(24-15)17-12-5-3-2-4-11(12)16/h2-5,10H,6-9H2,1H3,(H,17,18)/t10-/m0/s1. The molecule has 1 aromatic heterocycles. The molecule has 0 bridgehead atoms. The molecule has 1 aliphatic rings. The van der Waals surface area contributed by atoms with Crippen molar-refractivity contribution >= 4 is 51.4 Å². The monoisotopic (exact) mass is 384 g/mol. The Morgan fingerprint density at radius 2 is 2.12 bits per heavy atom. The number of benzene rings is 1. The van der Waals surface area contributed by atoms with Crippen LogP contribution in [0.25, 0.3) is 0 Å². The Morgan fingerprint density at radius 3 is 2.88 bits per heavy atom. The number of thioether (sulfide) groups is 1. The zero-order valence-electron chi connectivity index (χ0n) is 13.1. The van der Waals surface area contributed by atoms with E-state index in [0.29, 0.717) is 36.5 Å². The first kappa shape index (κ1) is 17.5. The number of carbonyl (C=O) groups excluding carboxylic acids is 1. The molecule has 2 heterocycles. The van der Waals surface area contributed by atoms with Gasteiger partial charge in [0.05, 0.1) is 29.2 Å². The molecule has 128 valence electrons. The van der Waals surface area contributed by atoms with Gasteiger partial charge in [0.15, 0.2) is 4.34 Å². The summed E-state index contributed by atoms with van der Waals surface area (Å²) in [5.41, 5.74) is 0.782. The van der Waals surface area contributed by atoms with Crippen molar-refractivity contribution in [3.8, 4) is 0 Å². The third-order valence-electron chi connectivity index (χ3n) is 3.47. The number of nitrogens with one attached hydrogen (secondary N) is 1. The maximum atomic E-state index is 12.4. The summed E-state index contributed by atoms with van der Waals surface area (Å²) in [6.45, 7) is 4.41. The quantitative estimate of drug-likeness (QED) is 0.798. The molecular formula is C15H17ClN4O2S2. The minimum Gasteiger partial charge on any atom is -0.378 e. The fraction of sp³-hybridized carbons (Fsp3) is 0.400. The van der Waals surface area contributed by atoms with E-state index in [1.807, 2.05) is 36.1 Å². The van der Waals surface area contributed by atoms with Crippen molar-refractivity contribution in [2.24, 2.45) is 0 Å². The lowest BCUT2D eigenvalue weighted by atomic mass is 10.3. The zero-order valence-corrected chi connectivity index (χ0v) is 15.5. The summed E-state index contributed by atoms with van der Waals surface area (Å²) in [5.74, 6) is 0.110. The van der Waals surface area contributed by atoms with Crippen LogP contribution in [0.4, 0.5) is 10.8 Å². The van der Waals surface area contributed by atoms with Crippen LogP contribution in [0, 0.1) is 0 Å². The van der Waals surface area contributed by atoms with Gasteiger partial charge in [0.2, 0.25) is 11.0 Å². The van der Waals surface area contributed by atoms with Gasteiger partial charge in [-0.2, -0.15) is 0 Å². The number of anilines is 2. The van der Waals surface area contributed by atoms with E-state index in [-0.39, 0.29) is 11.2 Å². The number of amides is 1. The fourth-order valence-electron chi connectivity index (χ4n) is 2.23. The molecule has 1 aliphatic heterocycles. The molecule has 1 atom stereocenters. The van der Waals surface area contributed by atoms with E-state index in [1.54, 1.807) is 0 Å². The molecule has 9 heteroatoms. The van der Waals surface area contributed by atoms with E-state index in [1.165, 1.54) is 23.1 Å². The van der Waals surface area contributed by atoms with Gasteiger partial charge in [-0.25, -0.2) is 0 Å². The number of carbonyl (C=O) groups is 1. The van der Waals surface area contributed by atoms with Crippen LogP contribution in [0.5, 0.6) is 0 Å². The molecule has 1 saturated heterocycles. The van der Waals surface area contributed by atoms with Gasteiger partial charge in [-0.1, -0.05) is 46.8 Å². The summed E-state index contributed by atoms with van der Waals surface area (Å²) >= 11 is 8.95. The predicted octanol–water partition coefficient (Wildman–Crippen LogP) is 3.27. The van der Waals surface area contributed by atoms with Crippen LogP contribution in [0.1, 0.15) is 6.92 Å². The van der Waals surface area contributed by atoms with Crippen molar-refractivity contribution in [2.45, 2.75) is 16.5 Å². The van der Waals surface area contributed by atoms with Gasteiger partial charge < -0.3 is 15.0 Å². The molecule has 0 unspecified atom stereocenters. The van der Waals surface area contributed by atoms with Crippen molar-refractivity contribution in [1.29, 1.82) is 0 Å². The Hall–Kier alpha value is -1.35. The minimum absolute atomic E-state index is 0.110. The molecule has 1 aromatic carbocycles. The fourth-order valence-corrected chi connectivity index (χ4v) is 4.40. The number of ether oxygens (including phenoxy) is 1. The van der Waals surface area contributed by atoms with E-state index < -0.39 is 0 Å². The van der Waals surface area contributed by atoms with Crippen molar-refractivity contribution in [2.75, 3.05) is 31.6 Å². The molecule has 0 aliphatic carbocycles. The van der Waals surface area contributed by atoms with Crippen LogP contribution in [0.2, 0.25) is 5.02 Å². The first-order valence-corrected chi connectivity index (χ1v) is 9.59. The lowest BCUT2D eigenvalue weighted by molar-refractivity contribution is -0.134. The lowest BCUT2D eigenvalue weighted by Crippen LogP contribution is -2.44. The molecule has 0 spiro atoms. The minimum atomic E-state index is -0.204. The Labute approximate surface area is 153 Å². The second-order valence-electron chi connectivity index (χ2n) is 5.18. The summed E-state index contributed by atoms with van der Waals surface area (Å²) in [6, 6.07) is 7.45. The van der Waals surface area contributed by atoms with Gasteiger partial charge >= 0.3 is 0 Å². The Balaban J connectivity index is 1.59. The van der Waals surface area contributed by atoms with Crippen LogP contribution in [-0.2, 0) is 9.53 Å². The van der Waals surface area contributed by atoms with Gasteiger partial charge in [0.1, 0.15) is 0 Å². The molecule has 24 heavy (non-hydrogen) atoms. The average Bonchev–Trinajstić information content (AvgIpc) is 3.04. The first-order valence-electron chi connectivity index (χ1n) is 7.52. The molecule has 2 aromatic rings. The third kappa shape index (κ3) is 4.38. The smallest absolute Gasteiger partial charge is 0.236 e. The number of nitrogens with zero attached hydrogens (tertiary/aromatic N) is 3. The van der Waals surface area contributed by atoms with E-state index in [9.17, 15) is 4.79 Å². The van der Waals surface area contributed by atoms with Crippen molar-refractivity contribution in [3.63, 3.8) is 0 Å². The second-order valence-corrected chi connectivity index (χ2v) is 8.15. The summed E-state index contributed by atoms with van der Waals surface area (Å²) in [6.07, 6.45) is 0. The average molecular weight is 385 g/mol. The summed E-state index contributed by atoms with van der Waals surface area (Å²) in [5, 5.41) is 12.5. The molecule has 1 amide bonds.